The van der Waals surface area contributed by atoms with Crippen LogP contribution in [0.4, 0.5) is 0 Å². The van der Waals surface area contributed by atoms with E-state index in [4.69, 9.17) is 0 Å². The average Bonchev–Trinajstić information content (AvgIpc) is 3.32. The first kappa shape index (κ1) is 26.0. The Labute approximate surface area is 264 Å². The predicted octanol–water partition coefficient (Wildman–Crippen LogP) is 12.5. The Morgan fingerprint density at radius 3 is 1.60 bits per heavy atom. The van der Waals surface area contributed by atoms with Crippen LogP contribution in [-0.4, -0.2) is 0 Å². The van der Waals surface area contributed by atoms with Crippen LogP contribution < -0.4 is 0 Å². The second kappa shape index (κ2) is 9.78. The minimum Gasteiger partial charge on any atom is -0.0616 e. The quantitative estimate of drug-likeness (QED) is 0.185. The molecule has 0 aliphatic heterocycles. The van der Waals surface area contributed by atoms with Crippen molar-refractivity contribution in [1.29, 1.82) is 0 Å². The van der Waals surface area contributed by atoms with E-state index in [1.54, 1.807) is 0 Å². The zero-order valence-corrected chi connectivity index (χ0v) is 25.5. The molecule has 212 valence electrons. The molecule has 0 spiro atoms. The van der Waals surface area contributed by atoms with Crippen molar-refractivity contribution in [2.45, 2.75) is 19.3 Å². The Balaban J connectivity index is 1.09. The number of hydrogen-bond donors (Lipinski definition) is 0. The molecule has 0 unspecified atom stereocenters. The fraction of sp³-hybridized carbons (Fsp3) is 0.0667. The summed E-state index contributed by atoms with van der Waals surface area (Å²) in [7, 11) is 0. The lowest BCUT2D eigenvalue weighted by Crippen LogP contribution is -2.15. The third kappa shape index (κ3) is 3.99. The fourth-order valence-corrected chi connectivity index (χ4v) is 7.70. The minimum atomic E-state index is -0.0920. The van der Waals surface area contributed by atoms with Gasteiger partial charge in [0.15, 0.2) is 0 Å². The van der Waals surface area contributed by atoms with Gasteiger partial charge >= 0.3 is 0 Å². The molecule has 8 aromatic rings. The lowest BCUT2D eigenvalue weighted by atomic mass is 9.80. The van der Waals surface area contributed by atoms with E-state index in [1.807, 2.05) is 0 Å². The van der Waals surface area contributed by atoms with Crippen LogP contribution in [0.5, 0.6) is 0 Å². The first-order valence-corrected chi connectivity index (χ1v) is 15.9. The van der Waals surface area contributed by atoms with E-state index in [0.29, 0.717) is 0 Å². The second-order valence-electron chi connectivity index (χ2n) is 12.9. The molecule has 0 saturated carbocycles. The van der Waals surface area contributed by atoms with Crippen molar-refractivity contribution in [2.24, 2.45) is 0 Å². The summed E-state index contributed by atoms with van der Waals surface area (Å²) in [6.07, 6.45) is 0. The molecule has 0 amide bonds. The summed E-state index contributed by atoms with van der Waals surface area (Å²) in [5.41, 5.74) is 13.0. The summed E-state index contributed by atoms with van der Waals surface area (Å²) in [5, 5.41) is 7.76. The molecular weight excluding hydrogens is 540 g/mol. The average molecular weight is 573 g/mol. The van der Waals surface area contributed by atoms with Crippen molar-refractivity contribution in [3.63, 3.8) is 0 Å². The second-order valence-corrected chi connectivity index (χ2v) is 12.9. The van der Waals surface area contributed by atoms with Gasteiger partial charge in [0.25, 0.3) is 0 Å². The SMILES string of the molecule is CC1(C)c2cc(-c3ccc(-c4cc5ccccc5c5ccccc45)cc3)ccc2-c2ccc(-c3cccc4ccccc34)cc21. The zero-order valence-electron chi connectivity index (χ0n) is 25.5. The molecule has 0 bridgehead atoms. The van der Waals surface area contributed by atoms with Gasteiger partial charge < -0.3 is 0 Å². The third-order valence-corrected chi connectivity index (χ3v) is 10.1. The lowest BCUT2D eigenvalue weighted by molar-refractivity contribution is 0.661. The fourth-order valence-electron chi connectivity index (χ4n) is 7.70. The predicted molar refractivity (Wildman–Crippen MR) is 193 cm³/mol. The van der Waals surface area contributed by atoms with Gasteiger partial charge in [-0.3, -0.25) is 0 Å². The van der Waals surface area contributed by atoms with Gasteiger partial charge in [0.1, 0.15) is 0 Å². The van der Waals surface area contributed by atoms with Gasteiger partial charge in [-0.1, -0.05) is 153 Å². The molecule has 8 aromatic carbocycles. The Kier molecular flexibility index (Phi) is 5.64. The van der Waals surface area contributed by atoms with Gasteiger partial charge in [0, 0.05) is 5.41 Å². The first-order chi connectivity index (χ1) is 22.1. The first-order valence-electron chi connectivity index (χ1n) is 15.9. The molecule has 0 saturated heterocycles. The molecule has 1 aliphatic carbocycles. The van der Waals surface area contributed by atoms with E-state index >= 15 is 0 Å². The highest BCUT2D eigenvalue weighted by molar-refractivity contribution is 6.13. The standard InChI is InChI=1S/C45H32/c1-45(2)43-27-32(22-24-40(43)41-25-23-34(28-44(41)45)36-17-9-12-30-10-3-5-13-35(30)36)29-18-20-31(21-19-29)42-26-33-11-4-6-14-37(33)38-15-7-8-16-39(38)42/h3-28H,1-2H3. The maximum atomic E-state index is 2.43. The molecule has 0 atom stereocenters. The van der Waals surface area contributed by atoms with Gasteiger partial charge in [-0.15, -0.1) is 0 Å². The summed E-state index contributed by atoms with van der Waals surface area (Å²) >= 11 is 0. The van der Waals surface area contributed by atoms with Gasteiger partial charge in [-0.25, -0.2) is 0 Å². The van der Waals surface area contributed by atoms with Crippen LogP contribution in [0.3, 0.4) is 0 Å². The Bertz CT molecular complexity index is 2430. The van der Waals surface area contributed by atoms with Gasteiger partial charge in [0.2, 0.25) is 0 Å². The van der Waals surface area contributed by atoms with Crippen LogP contribution in [0, 0.1) is 0 Å². The van der Waals surface area contributed by atoms with Crippen molar-refractivity contribution in [3.8, 4) is 44.5 Å². The lowest BCUT2D eigenvalue weighted by Gasteiger charge is -2.23. The third-order valence-electron chi connectivity index (χ3n) is 10.1. The van der Waals surface area contributed by atoms with Crippen LogP contribution >= 0.6 is 0 Å². The smallest absolute Gasteiger partial charge is 0.0159 e. The normalized spacial score (nSPS) is 13.3. The van der Waals surface area contributed by atoms with Crippen molar-refractivity contribution in [3.05, 3.63) is 169 Å². The van der Waals surface area contributed by atoms with Crippen LogP contribution in [0.25, 0.3) is 76.8 Å². The summed E-state index contributed by atoms with van der Waals surface area (Å²) in [5.74, 6) is 0. The van der Waals surface area contributed by atoms with E-state index in [0.717, 1.165) is 0 Å². The molecule has 0 nitrogen and oxygen atoms in total. The highest BCUT2D eigenvalue weighted by Gasteiger charge is 2.36. The monoisotopic (exact) mass is 572 g/mol. The molecule has 0 heteroatoms. The topological polar surface area (TPSA) is 0 Å². The van der Waals surface area contributed by atoms with E-state index in [-0.39, 0.29) is 5.41 Å². The maximum Gasteiger partial charge on any atom is 0.0159 e. The molecule has 9 rings (SSSR count). The maximum absolute atomic E-state index is 2.43. The molecule has 0 N–H and O–H groups in total. The van der Waals surface area contributed by atoms with Crippen molar-refractivity contribution >= 4 is 32.3 Å². The highest BCUT2D eigenvalue weighted by Crippen LogP contribution is 2.51. The summed E-state index contributed by atoms with van der Waals surface area (Å²) < 4.78 is 0. The molecule has 0 heterocycles. The van der Waals surface area contributed by atoms with Gasteiger partial charge in [0.05, 0.1) is 0 Å². The number of benzene rings is 8. The Morgan fingerprint density at radius 1 is 0.311 bits per heavy atom. The molecule has 45 heavy (non-hydrogen) atoms. The van der Waals surface area contributed by atoms with Crippen molar-refractivity contribution in [2.75, 3.05) is 0 Å². The molecule has 0 aromatic heterocycles. The van der Waals surface area contributed by atoms with Gasteiger partial charge in [-0.2, -0.15) is 0 Å². The van der Waals surface area contributed by atoms with Crippen molar-refractivity contribution in [1.82, 2.24) is 0 Å². The number of hydrogen-bond acceptors (Lipinski definition) is 0. The summed E-state index contributed by atoms with van der Waals surface area (Å²) in [4.78, 5) is 0. The van der Waals surface area contributed by atoms with Crippen LogP contribution in [0.2, 0.25) is 0 Å². The molecule has 0 fully saturated rings. The van der Waals surface area contributed by atoms with E-state index < -0.39 is 0 Å². The van der Waals surface area contributed by atoms with Crippen LogP contribution in [-0.2, 0) is 5.41 Å². The van der Waals surface area contributed by atoms with E-state index in [2.05, 4.69) is 172 Å². The highest BCUT2D eigenvalue weighted by atomic mass is 14.4. The number of rotatable bonds is 3. The summed E-state index contributed by atoms with van der Waals surface area (Å²) in [6.45, 7) is 4.75. The van der Waals surface area contributed by atoms with Crippen LogP contribution in [0.1, 0.15) is 25.0 Å². The minimum absolute atomic E-state index is 0.0920. The van der Waals surface area contributed by atoms with E-state index in [1.165, 1.54) is 88.0 Å². The zero-order chi connectivity index (χ0) is 30.1. The number of fused-ring (bicyclic) bond motifs is 7. The summed E-state index contributed by atoms with van der Waals surface area (Å²) in [6, 6.07) is 58.4. The Morgan fingerprint density at radius 2 is 0.844 bits per heavy atom. The van der Waals surface area contributed by atoms with Gasteiger partial charge in [-0.05, 0) is 106 Å². The molecule has 1 aliphatic rings. The van der Waals surface area contributed by atoms with E-state index in [9.17, 15) is 0 Å². The van der Waals surface area contributed by atoms with Crippen LogP contribution in [0.15, 0.2) is 158 Å². The Hall–Kier alpha value is -5.46. The molecule has 0 radical (unpaired) electrons. The molecular formula is C45H32. The largest absolute Gasteiger partial charge is 0.0616 e. The van der Waals surface area contributed by atoms with Crippen molar-refractivity contribution < 1.29 is 0 Å².